The summed E-state index contributed by atoms with van der Waals surface area (Å²) in [6.07, 6.45) is 0. The number of nitrogens with zero attached hydrogens (tertiary/aromatic N) is 1. The van der Waals surface area contributed by atoms with Crippen LogP contribution in [0.25, 0.3) is 0 Å². The summed E-state index contributed by atoms with van der Waals surface area (Å²) in [5, 5.41) is 17.4. The van der Waals surface area contributed by atoms with Gasteiger partial charge in [0, 0.05) is 5.38 Å². The first-order chi connectivity index (χ1) is 6.65. The second-order valence-corrected chi connectivity index (χ2v) is 3.53. The second-order valence-electron chi connectivity index (χ2n) is 2.75. The Hall–Kier alpha value is -1.56. The molecule has 0 aromatic carbocycles. The summed E-state index contributed by atoms with van der Waals surface area (Å²) in [5.41, 5.74) is 6.01. The van der Waals surface area contributed by atoms with Gasteiger partial charge in [-0.05, 0) is 18.4 Å². The van der Waals surface area contributed by atoms with E-state index in [1.54, 1.807) is 18.4 Å². The molecule has 0 saturated heterocycles. The molecule has 5 nitrogen and oxygen atoms in total. The van der Waals surface area contributed by atoms with Gasteiger partial charge >= 0.3 is 0 Å². The maximum atomic E-state index is 11.4. The van der Waals surface area contributed by atoms with Crippen LogP contribution in [0.4, 0.5) is 5.69 Å². The molecule has 1 rings (SSSR count). The first-order valence-electron chi connectivity index (χ1n) is 3.95. The van der Waals surface area contributed by atoms with Crippen LogP contribution in [0.15, 0.2) is 22.0 Å². The van der Waals surface area contributed by atoms with E-state index in [0.29, 0.717) is 0 Å². The Kier molecular flexibility index (Phi) is 3.47. The van der Waals surface area contributed by atoms with Crippen molar-refractivity contribution in [1.29, 1.82) is 0 Å². The zero-order chi connectivity index (χ0) is 10.6. The molecule has 1 atom stereocenters. The Morgan fingerprint density at radius 2 is 2.50 bits per heavy atom. The summed E-state index contributed by atoms with van der Waals surface area (Å²) in [5.74, 6) is -1.03. The average molecular weight is 213 g/mol. The molecule has 0 fully saturated rings. The predicted octanol–water partition coefficient (Wildman–Crippen LogP) is 1.07. The number of carbonyl (C=O) groups is 1. The van der Waals surface area contributed by atoms with Crippen LogP contribution in [0.1, 0.15) is 6.92 Å². The molecular formula is C8H11N3O2S. The Bertz CT molecular complexity index is 334. The van der Waals surface area contributed by atoms with Gasteiger partial charge in [0.1, 0.15) is 0 Å². The van der Waals surface area contributed by atoms with Crippen molar-refractivity contribution >= 4 is 28.8 Å². The number of hydrogen-bond donors (Lipinski definition) is 3. The molecular weight excluding hydrogens is 202 g/mol. The van der Waals surface area contributed by atoms with Crippen LogP contribution in [0.3, 0.4) is 0 Å². The van der Waals surface area contributed by atoms with Crippen LogP contribution in [-0.4, -0.2) is 17.0 Å². The van der Waals surface area contributed by atoms with Crippen molar-refractivity contribution in [3.63, 3.8) is 0 Å². The summed E-state index contributed by atoms with van der Waals surface area (Å²) in [7, 11) is 0. The molecule has 0 bridgehead atoms. The van der Waals surface area contributed by atoms with Crippen molar-refractivity contribution in [3.8, 4) is 0 Å². The van der Waals surface area contributed by atoms with Crippen LogP contribution >= 0.6 is 11.3 Å². The summed E-state index contributed by atoms with van der Waals surface area (Å²) < 4.78 is 0. The minimum absolute atomic E-state index is 0.0993. The molecule has 0 saturated carbocycles. The molecule has 0 aliphatic carbocycles. The van der Waals surface area contributed by atoms with Crippen LogP contribution in [0.2, 0.25) is 0 Å². The Balaban J connectivity index is 2.59. The molecule has 14 heavy (non-hydrogen) atoms. The van der Waals surface area contributed by atoms with Gasteiger partial charge in [-0.1, -0.05) is 5.16 Å². The van der Waals surface area contributed by atoms with Gasteiger partial charge in [0.15, 0.2) is 5.84 Å². The maximum absolute atomic E-state index is 11.4. The monoisotopic (exact) mass is 213 g/mol. The molecule has 76 valence electrons. The van der Waals surface area contributed by atoms with E-state index < -0.39 is 5.92 Å². The number of hydrogen-bond acceptors (Lipinski definition) is 4. The van der Waals surface area contributed by atoms with E-state index in [4.69, 9.17) is 10.9 Å². The molecule has 0 spiro atoms. The number of carbonyl (C=O) groups excluding carboxylic acids is 1. The summed E-state index contributed by atoms with van der Waals surface area (Å²) in [6.45, 7) is 1.57. The number of oxime groups is 1. The molecule has 1 amide bonds. The van der Waals surface area contributed by atoms with Gasteiger partial charge in [0.25, 0.3) is 0 Å². The largest absolute Gasteiger partial charge is 0.409 e. The molecule has 0 aliphatic heterocycles. The molecule has 4 N–H and O–H groups in total. The van der Waals surface area contributed by atoms with Gasteiger partial charge in [-0.15, -0.1) is 0 Å². The van der Waals surface area contributed by atoms with Crippen molar-refractivity contribution < 1.29 is 10.0 Å². The fraction of sp³-hybridized carbons (Fsp3) is 0.250. The van der Waals surface area contributed by atoms with Gasteiger partial charge < -0.3 is 16.3 Å². The van der Waals surface area contributed by atoms with E-state index in [-0.39, 0.29) is 11.7 Å². The van der Waals surface area contributed by atoms with E-state index in [1.807, 2.05) is 5.38 Å². The summed E-state index contributed by atoms with van der Waals surface area (Å²) in [4.78, 5) is 11.4. The van der Waals surface area contributed by atoms with Crippen LogP contribution in [0, 0.1) is 5.92 Å². The number of nitrogens with two attached hydrogens (primary N) is 1. The molecule has 1 heterocycles. The number of nitrogens with one attached hydrogen (secondary N) is 1. The van der Waals surface area contributed by atoms with Crippen LogP contribution in [-0.2, 0) is 4.79 Å². The number of anilines is 1. The molecule has 1 aromatic heterocycles. The first kappa shape index (κ1) is 10.5. The van der Waals surface area contributed by atoms with Gasteiger partial charge in [-0.2, -0.15) is 11.3 Å². The fourth-order valence-corrected chi connectivity index (χ4v) is 1.39. The zero-order valence-corrected chi connectivity index (χ0v) is 8.41. The highest BCUT2D eigenvalue weighted by molar-refractivity contribution is 7.08. The topological polar surface area (TPSA) is 87.7 Å². The second kappa shape index (κ2) is 4.61. The summed E-state index contributed by atoms with van der Waals surface area (Å²) in [6, 6.07) is 1.78. The lowest BCUT2D eigenvalue weighted by molar-refractivity contribution is -0.117. The van der Waals surface area contributed by atoms with Crippen molar-refractivity contribution in [2.24, 2.45) is 16.8 Å². The Morgan fingerprint density at radius 3 is 3.00 bits per heavy atom. The molecule has 0 radical (unpaired) electrons. The van der Waals surface area contributed by atoms with Gasteiger partial charge in [0.05, 0.1) is 11.6 Å². The molecule has 1 unspecified atom stereocenters. The van der Waals surface area contributed by atoms with Crippen molar-refractivity contribution in [1.82, 2.24) is 0 Å². The smallest absolute Gasteiger partial charge is 0.234 e. The highest BCUT2D eigenvalue weighted by Crippen LogP contribution is 2.12. The molecule has 1 aromatic rings. The van der Waals surface area contributed by atoms with Gasteiger partial charge in [-0.3, -0.25) is 4.79 Å². The van der Waals surface area contributed by atoms with Crippen molar-refractivity contribution in [2.45, 2.75) is 6.92 Å². The van der Waals surface area contributed by atoms with E-state index in [2.05, 4.69) is 10.5 Å². The van der Waals surface area contributed by atoms with Crippen molar-refractivity contribution in [3.05, 3.63) is 16.8 Å². The quantitative estimate of drug-likeness (QED) is 0.304. The molecule has 6 heteroatoms. The first-order valence-corrected chi connectivity index (χ1v) is 4.90. The lowest BCUT2D eigenvalue weighted by atomic mass is 10.1. The third kappa shape index (κ3) is 2.46. The van der Waals surface area contributed by atoms with E-state index >= 15 is 0 Å². The highest BCUT2D eigenvalue weighted by Gasteiger charge is 2.17. The highest BCUT2D eigenvalue weighted by atomic mass is 32.1. The number of rotatable bonds is 3. The average Bonchev–Trinajstić information content (AvgIpc) is 2.68. The van der Waals surface area contributed by atoms with Gasteiger partial charge in [-0.25, -0.2) is 0 Å². The third-order valence-corrected chi connectivity index (χ3v) is 2.42. The minimum atomic E-state index is -0.639. The number of amidine groups is 1. The molecule has 0 aliphatic rings. The van der Waals surface area contributed by atoms with E-state index in [0.717, 1.165) is 5.69 Å². The SMILES string of the molecule is CC(C(=O)Nc1ccsc1)C(N)=NO. The zero-order valence-electron chi connectivity index (χ0n) is 7.60. The number of amides is 1. The standard InChI is InChI=1S/C8H11N3O2S/c1-5(7(9)11-13)8(12)10-6-2-3-14-4-6/h2-5,13H,1H3,(H2,9,11)(H,10,12). The van der Waals surface area contributed by atoms with Crippen LogP contribution in [0.5, 0.6) is 0 Å². The minimum Gasteiger partial charge on any atom is -0.409 e. The Labute approximate surface area is 85.2 Å². The normalized spacial score (nSPS) is 13.6. The van der Waals surface area contributed by atoms with Crippen LogP contribution < -0.4 is 11.1 Å². The van der Waals surface area contributed by atoms with Crippen molar-refractivity contribution in [2.75, 3.05) is 5.32 Å². The lowest BCUT2D eigenvalue weighted by Gasteiger charge is -2.08. The lowest BCUT2D eigenvalue weighted by Crippen LogP contribution is -2.32. The number of thiophene rings is 1. The van der Waals surface area contributed by atoms with Gasteiger partial charge in [0.2, 0.25) is 5.91 Å². The van der Waals surface area contributed by atoms with E-state index in [1.165, 1.54) is 11.3 Å². The Morgan fingerprint density at radius 1 is 1.79 bits per heavy atom. The predicted molar refractivity (Wildman–Crippen MR) is 55.5 cm³/mol. The summed E-state index contributed by atoms with van der Waals surface area (Å²) >= 11 is 1.48. The van der Waals surface area contributed by atoms with E-state index in [9.17, 15) is 4.79 Å². The fourth-order valence-electron chi connectivity index (χ4n) is 0.807. The third-order valence-electron chi connectivity index (χ3n) is 1.74. The maximum Gasteiger partial charge on any atom is 0.234 e.